The first-order valence-electron chi connectivity index (χ1n) is 9.24. The first-order chi connectivity index (χ1) is 13.4. The van der Waals surface area contributed by atoms with E-state index in [0.29, 0.717) is 28.7 Å². The number of anilines is 1. The number of benzene rings is 2. The SMILES string of the molecule is CC1=NOC(C)C1c1cc2c(cc1F)c(=O)cc(C)n2Cc1ccccc1N. The number of aryl methyl sites for hydroxylation is 1. The van der Waals surface area contributed by atoms with E-state index >= 15 is 0 Å². The van der Waals surface area contributed by atoms with E-state index in [0.717, 1.165) is 17.0 Å². The molecule has 1 aromatic heterocycles. The van der Waals surface area contributed by atoms with Crippen LogP contribution in [0.4, 0.5) is 10.1 Å². The maximum Gasteiger partial charge on any atom is 0.189 e. The Balaban J connectivity index is 1.95. The Labute approximate surface area is 162 Å². The molecule has 5 nitrogen and oxygen atoms in total. The van der Waals surface area contributed by atoms with Gasteiger partial charge in [-0.15, -0.1) is 0 Å². The molecule has 0 spiro atoms. The Morgan fingerprint density at radius 1 is 1.21 bits per heavy atom. The second-order valence-corrected chi connectivity index (χ2v) is 7.35. The zero-order valence-electron chi connectivity index (χ0n) is 16.1. The maximum atomic E-state index is 14.9. The van der Waals surface area contributed by atoms with Crippen molar-refractivity contribution in [1.82, 2.24) is 4.57 Å². The molecule has 1 aliphatic heterocycles. The highest BCUT2D eigenvalue weighted by molar-refractivity contribution is 5.91. The number of fused-ring (bicyclic) bond motifs is 1. The summed E-state index contributed by atoms with van der Waals surface area (Å²) in [5.74, 6) is -0.702. The Kier molecular flexibility index (Phi) is 4.41. The number of nitrogen functional groups attached to an aromatic ring is 1. The van der Waals surface area contributed by atoms with Crippen molar-refractivity contribution in [2.45, 2.75) is 39.3 Å². The van der Waals surface area contributed by atoms with Crippen molar-refractivity contribution in [1.29, 1.82) is 0 Å². The van der Waals surface area contributed by atoms with Crippen LogP contribution < -0.4 is 11.2 Å². The van der Waals surface area contributed by atoms with Crippen LogP contribution in [0.3, 0.4) is 0 Å². The quantitative estimate of drug-likeness (QED) is 0.701. The summed E-state index contributed by atoms with van der Waals surface area (Å²) in [5, 5.41) is 4.35. The molecule has 144 valence electrons. The number of aromatic nitrogens is 1. The second kappa shape index (κ2) is 6.78. The van der Waals surface area contributed by atoms with Gasteiger partial charge in [-0.3, -0.25) is 4.79 Å². The monoisotopic (exact) mass is 379 g/mol. The van der Waals surface area contributed by atoms with Gasteiger partial charge in [-0.2, -0.15) is 0 Å². The fraction of sp³-hybridized carbons (Fsp3) is 0.273. The third-order valence-electron chi connectivity index (χ3n) is 5.44. The van der Waals surface area contributed by atoms with E-state index in [-0.39, 0.29) is 17.5 Å². The Hall–Kier alpha value is -3.15. The summed E-state index contributed by atoms with van der Waals surface area (Å²) in [6, 6.07) is 12.2. The van der Waals surface area contributed by atoms with Crippen LogP contribution in [0.1, 0.15) is 36.6 Å². The highest BCUT2D eigenvalue weighted by Gasteiger charge is 2.32. The minimum atomic E-state index is -0.420. The van der Waals surface area contributed by atoms with Gasteiger partial charge < -0.3 is 15.1 Å². The van der Waals surface area contributed by atoms with Crippen LogP contribution in [-0.4, -0.2) is 16.4 Å². The number of nitrogens with zero attached hydrogens (tertiary/aromatic N) is 2. The molecular formula is C22H22FN3O2. The van der Waals surface area contributed by atoms with Crippen molar-refractivity contribution in [3.63, 3.8) is 0 Å². The number of halogens is 1. The molecule has 0 radical (unpaired) electrons. The summed E-state index contributed by atoms with van der Waals surface area (Å²) in [6.45, 7) is 6.05. The topological polar surface area (TPSA) is 69.6 Å². The first kappa shape index (κ1) is 18.2. The van der Waals surface area contributed by atoms with Crippen molar-refractivity contribution < 1.29 is 9.23 Å². The van der Waals surface area contributed by atoms with Gasteiger partial charge in [-0.1, -0.05) is 23.4 Å². The zero-order chi connectivity index (χ0) is 20.0. The normalized spacial score (nSPS) is 18.9. The number of para-hydroxylation sites is 1. The minimum Gasteiger partial charge on any atom is -0.398 e. The third kappa shape index (κ3) is 2.95. The molecule has 3 aromatic rings. The first-order valence-corrected chi connectivity index (χ1v) is 9.24. The van der Waals surface area contributed by atoms with Crippen molar-refractivity contribution in [2.24, 2.45) is 5.16 Å². The van der Waals surface area contributed by atoms with E-state index in [1.807, 2.05) is 49.6 Å². The van der Waals surface area contributed by atoms with Crippen LogP contribution in [0.15, 0.2) is 52.4 Å². The van der Waals surface area contributed by atoms with Crippen molar-refractivity contribution in [3.05, 3.63) is 75.3 Å². The standard InChI is InChI=1S/C22H22FN3O2/c1-12-8-21(27)17-9-18(23)16(22-13(2)25-28-14(22)3)10-20(17)26(12)11-15-6-4-5-7-19(15)24/h4-10,14,22H,11,24H2,1-3H3. The molecule has 6 heteroatoms. The Morgan fingerprint density at radius 3 is 2.64 bits per heavy atom. The third-order valence-corrected chi connectivity index (χ3v) is 5.44. The average Bonchev–Trinajstić information content (AvgIpc) is 2.98. The number of oxime groups is 1. The molecule has 4 rings (SSSR count). The maximum absolute atomic E-state index is 14.9. The molecule has 2 heterocycles. The lowest BCUT2D eigenvalue weighted by atomic mass is 9.89. The van der Waals surface area contributed by atoms with Crippen LogP contribution in [0.25, 0.3) is 10.9 Å². The highest BCUT2D eigenvalue weighted by Crippen LogP contribution is 2.33. The molecule has 0 saturated carbocycles. The van der Waals surface area contributed by atoms with E-state index < -0.39 is 5.82 Å². The van der Waals surface area contributed by atoms with Crippen molar-refractivity contribution >= 4 is 22.3 Å². The molecule has 28 heavy (non-hydrogen) atoms. The fourth-order valence-corrected chi connectivity index (χ4v) is 3.93. The van der Waals surface area contributed by atoms with Gasteiger partial charge in [-0.25, -0.2) is 4.39 Å². The average molecular weight is 379 g/mol. The van der Waals surface area contributed by atoms with E-state index in [1.165, 1.54) is 12.1 Å². The molecule has 0 saturated heterocycles. The largest absolute Gasteiger partial charge is 0.398 e. The lowest BCUT2D eigenvalue weighted by molar-refractivity contribution is 0.0899. The van der Waals surface area contributed by atoms with Crippen LogP contribution in [0, 0.1) is 12.7 Å². The molecule has 0 aliphatic carbocycles. The number of pyridine rings is 1. The summed E-state index contributed by atoms with van der Waals surface area (Å²) in [5.41, 5.74) is 10.2. The van der Waals surface area contributed by atoms with Crippen LogP contribution >= 0.6 is 0 Å². The minimum absolute atomic E-state index is 0.198. The number of hydrogen-bond acceptors (Lipinski definition) is 4. The van der Waals surface area contributed by atoms with Gasteiger partial charge in [0.1, 0.15) is 11.9 Å². The summed E-state index contributed by atoms with van der Waals surface area (Å²) in [7, 11) is 0. The van der Waals surface area contributed by atoms with Gasteiger partial charge in [0.15, 0.2) is 5.43 Å². The molecule has 0 bridgehead atoms. The molecule has 2 unspecified atom stereocenters. The van der Waals surface area contributed by atoms with Gasteiger partial charge in [0, 0.05) is 34.9 Å². The van der Waals surface area contributed by atoms with Crippen LogP contribution in [-0.2, 0) is 11.4 Å². The van der Waals surface area contributed by atoms with Gasteiger partial charge in [-0.05, 0) is 44.5 Å². The predicted octanol–water partition coefficient (Wildman–Crippen LogP) is 3.96. The van der Waals surface area contributed by atoms with Gasteiger partial charge in [0.05, 0.1) is 17.1 Å². The smallest absolute Gasteiger partial charge is 0.189 e. The van der Waals surface area contributed by atoms with E-state index in [1.54, 1.807) is 6.07 Å². The summed E-state index contributed by atoms with van der Waals surface area (Å²) >= 11 is 0. The fourth-order valence-electron chi connectivity index (χ4n) is 3.93. The number of rotatable bonds is 3. The summed E-state index contributed by atoms with van der Waals surface area (Å²) in [6.07, 6.45) is -0.262. The van der Waals surface area contributed by atoms with Crippen molar-refractivity contribution in [2.75, 3.05) is 5.73 Å². The van der Waals surface area contributed by atoms with E-state index in [2.05, 4.69) is 5.16 Å². The van der Waals surface area contributed by atoms with E-state index in [4.69, 9.17) is 10.6 Å². The summed E-state index contributed by atoms with van der Waals surface area (Å²) in [4.78, 5) is 17.9. The summed E-state index contributed by atoms with van der Waals surface area (Å²) < 4.78 is 16.9. The highest BCUT2D eigenvalue weighted by atomic mass is 19.1. The molecular weight excluding hydrogens is 357 g/mol. The van der Waals surface area contributed by atoms with Gasteiger partial charge >= 0.3 is 0 Å². The van der Waals surface area contributed by atoms with Gasteiger partial charge in [0.2, 0.25) is 0 Å². The molecule has 0 amide bonds. The molecule has 2 atom stereocenters. The molecule has 2 N–H and O–H groups in total. The van der Waals surface area contributed by atoms with Crippen molar-refractivity contribution in [3.8, 4) is 0 Å². The predicted molar refractivity (Wildman–Crippen MR) is 109 cm³/mol. The Morgan fingerprint density at radius 2 is 1.96 bits per heavy atom. The molecule has 1 aliphatic rings. The van der Waals surface area contributed by atoms with E-state index in [9.17, 15) is 9.18 Å². The van der Waals surface area contributed by atoms with Gasteiger partial charge in [0.25, 0.3) is 0 Å². The zero-order valence-corrected chi connectivity index (χ0v) is 16.1. The molecule has 0 fully saturated rings. The molecule has 2 aromatic carbocycles. The Bertz CT molecular complexity index is 1170. The number of nitrogens with two attached hydrogens (primary N) is 1. The van der Waals surface area contributed by atoms with Crippen LogP contribution in [0.2, 0.25) is 0 Å². The second-order valence-electron chi connectivity index (χ2n) is 7.35. The lowest BCUT2D eigenvalue weighted by Crippen LogP contribution is -2.20. The number of hydrogen-bond donors (Lipinski definition) is 1. The van der Waals surface area contributed by atoms with Crippen LogP contribution in [0.5, 0.6) is 0 Å². The lowest BCUT2D eigenvalue weighted by Gasteiger charge is -2.20.